The number of benzene rings is 2. The summed E-state index contributed by atoms with van der Waals surface area (Å²) in [4.78, 5) is 15.5. The highest BCUT2D eigenvalue weighted by atomic mass is 35.5. The third-order valence-corrected chi connectivity index (χ3v) is 7.76. The lowest BCUT2D eigenvalue weighted by molar-refractivity contribution is -0.211. The van der Waals surface area contributed by atoms with E-state index in [2.05, 4.69) is 15.6 Å². The number of rotatable bonds is 7. The fraction of sp³-hybridized carbons (Fsp3) is 0.423. The molecule has 0 spiro atoms. The van der Waals surface area contributed by atoms with Gasteiger partial charge in [0.05, 0.1) is 24.9 Å². The van der Waals surface area contributed by atoms with Gasteiger partial charge in [0.2, 0.25) is 0 Å². The Morgan fingerprint density at radius 1 is 1.14 bits per heavy atom. The molecule has 5 rings (SSSR count). The van der Waals surface area contributed by atoms with E-state index in [-0.39, 0.29) is 40.1 Å². The number of hydrogen-bond acceptors (Lipinski definition) is 9. The number of carbonyl (C=O) groups is 1. The van der Waals surface area contributed by atoms with Crippen LogP contribution in [0, 0.1) is 17.5 Å². The Labute approximate surface area is 247 Å². The molecule has 4 N–H and O–H groups in total. The largest absolute Gasteiger partial charge is 0.394 e. The van der Waals surface area contributed by atoms with Crippen LogP contribution in [0.5, 0.6) is 0 Å². The number of aliphatic hydroxyl groups is 3. The number of carbonyl (C=O) groups excluding carboxylic acids is 1. The van der Waals surface area contributed by atoms with E-state index >= 15 is 0 Å². The average molecular weight is 632 g/mol. The fourth-order valence-electron chi connectivity index (χ4n) is 5.33. The first kappa shape index (κ1) is 30.6. The molecule has 1 amide bonds. The molecule has 0 bridgehead atoms. The van der Waals surface area contributed by atoms with Crippen LogP contribution in [0.1, 0.15) is 6.04 Å². The summed E-state index contributed by atoms with van der Waals surface area (Å²) in [7, 11) is 1.27. The van der Waals surface area contributed by atoms with E-state index in [1.807, 2.05) is 0 Å². The summed E-state index contributed by atoms with van der Waals surface area (Å²) in [6, 6.07) is 3.94. The molecule has 226 valence electrons. The van der Waals surface area contributed by atoms with E-state index < -0.39 is 72.6 Å². The van der Waals surface area contributed by atoms with Crippen LogP contribution in [-0.4, -0.2) is 99.6 Å². The standard InChI is InChI=1S/C26H26Cl2F3N5O6/c1-41-24-22(35-9-17(33-34-35)11-2-15(29)21(31)16(30)3-11)23(39)20(10-37)42-25(24)26(40)36(18-7-32-8-19(18)38)14-5-12(27)4-13(28)6-14/h2-6,9,18-20,22-25,32,37-39H,7-8,10H2,1H3/t18-,19-,20?,22?,23?,24?,25?/m0/s1. The maximum atomic E-state index is 14.3. The first-order valence-electron chi connectivity index (χ1n) is 12.8. The molecule has 16 heteroatoms. The van der Waals surface area contributed by atoms with Gasteiger partial charge in [-0.2, -0.15) is 0 Å². The van der Waals surface area contributed by atoms with Crippen LogP contribution >= 0.6 is 23.2 Å². The number of ether oxygens (including phenoxy) is 2. The molecule has 5 unspecified atom stereocenters. The normalized spacial score (nSPS) is 27.8. The SMILES string of the molecule is COC1C(C(=O)N(c2cc(Cl)cc(Cl)c2)[C@H]2CNC[C@@H]2O)OC(CO)C(O)C1n1cc(-c2cc(F)c(F)c(F)c2)nn1. The third kappa shape index (κ3) is 5.73. The third-order valence-electron chi connectivity index (χ3n) is 7.32. The van der Waals surface area contributed by atoms with Crippen molar-refractivity contribution < 1.29 is 42.8 Å². The smallest absolute Gasteiger partial charge is 0.259 e. The second kappa shape index (κ2) is 12.4. The van der Waals surface area contributed by atoms with E-state index in [1.54, 1.807) is 0 Å². The van der Waals surface area contributed by atoms with Crippen LogP contribution in [0.25, 0.3) is 11.3 Å². The zero-order valence-electron chi connectivity index (χ0n) is 21.9. The van der Waals surface area contributed by atoms with Crippen LogP contribution in [0.4, 0.5) is 18.9 Å². The fourth-order valence-corrected chi connectivity index (χ4v) is 5.84. The number of halogens is 5. The zero-order valence-corrected chi connectivity index (χ0v) is 23.4. The number of nitrogens with zero attached hydrogens (tertiary/aromatic N) is 4. The monoisotopic (exact) mass is 631 g/mol. The minimum atomic E-state index is -1.65. The lowest BCUT2D eigenvalue weighted by Gasteiger charge is -2.45. The van der Waals surface area contributed by atoms with Crippen molar-refractivity contribution in [2.75, 3.05) is 31.7 Å². The average Bonchev–Trinajstić information content (AvgIpc) is 3.60. The maximum absolute atomic E-state index is 14.3. The maximum Gasteiger partial charge on any atom is 0.259 e. The van der Waals surface area contributed by atoms with Crippen molar-refractivity contribution in [2.45, 2.75) is 42.6 Å². The van der Waals surface area contributed by atoms with Crippen LogP contribution in [-0.2, 0) is 14.3 Å². The van der Waals surface area contributed by atoms with Gasteiger partial charge in [0.15, 0.2) is 23.6 Å². The van der Waals surface area contributed by atoms with Gasteiger partial charge < -0.3 is 35.0 Å². The molecule has 0 aliphatic carbocycles. The van der Waals surface area contributed by atoms with Gasteiger partial charge in [-0.3, -0.25) is 4.79 Å². The summed E-state index contributed by atoms with van der Waals surface area (Å²) in [5.41, 5.74) is 0.0571. The Balaban J connectivity index is 1.54. The molecule has 2 aromatic carbocycles. The quantitative estimate of drug-likeness (QED) is 0.287. The number of nitrogens with one attached hydrogen (secondary N) is 1. The van der Waals surface area contributed by atoms with Crippen molar-refractivity contribution in [3.63, 3.8) is 0 Å². The van der Waals surface area contributed by atoms with Gasteiger partial charge in [0.1, 0.15) is 30.0 Å². The van der Waals surface area contributed by atoms with Gasteiger partial charge in [-0.1, -0.05) is 28.4 Å². The molecule has 0 radical (unpaired) electrons. The summed E-state index contributed by atoms with van der Waals surface area (Å²) < 4.78 is 53.9. The first-order valence-corrected chi connectivity index (χ1v) is 13.5. The molecule has 3 heterocycles. The molecule has 3 aromatic rings. The van der Waals surface area contributed by atoms with Gasteiger partial charge in [-0.05, 0) is 30.3 Å². The van der Waals surface area contributed by atoms with Crippen LogP contribution in [0.2, 0.25) is 10.0 Å². The molecule has 0 saturated carbocycles. The van der Waals surface area contributed by atoms with E-state index in [9.17, 15) is 33.3 Å². The number of hydrogen-bond donors (Lipinski definition) is 4. The molecule has 2 fully saturated rings. The molecule has 2 aliphatic rings. The lowest BCUT2D eigenvalue weighted by atomic mass is 9.91. The molecule has 1 aromatic heterocycles. The molecule has 2 aliphatic heterocycles. The Kier molecular flexibility index (Phi) is 9.06. The second-order valence-corrected chi connectivity index (χ2v) is 10.8. The van der Waals surface area contributed by atoms with Crippen molar-refractivity contribution in [3.8, 4) is 11.3 Å². The Hall–Kier alpha value is -2.82. The Morgan fingerprint density at radius 3 is 2.38 bits per heavy atom. The lowest BCUT2D eigenvalue weighted by Crippen LogP contribution is -2.63. The second-order valence-electron chi connectivity index (χ2n) is 9.93. The summed E-state index contributed by atoms with van der Waals surface area (Å²) in [6.45, 7) is -0.284. The highest BCUT2D eigenvalue weighted by Crippen LogP contribution is 2.36. The number of aliphatic hydroxyl groups excluding tert-OH is 3. The predicted octanol–water partition coefficient (Wildman–Crippen LogP) is 1.71. The molecule has 7 atom stereocenters. The Morgan fingerprint density at radius 2 is 1.81 bits per heavy atom. The summed E-state index contributed by atoms with van der Waals surface area (Å²) in [5, 5.41) is 43.2. The first-order chi connectivity index (χ1) is 20.0. The minimum Gasteiger partial charge on any atom is -0.394 e. The van der Waals surface area contributed by atoms with Gasteiger partial charge in [0.25, 0.3) is 5.91 Å². The van der Waals surface area contributed by atoms with E-state index in [0.29, 0.717) is 0 Å². The Bertz CT molecular complexity index is 1420. The van der Waals surface area contributed by atoms with Crippen molar-refractivity contribution >= 4 is 34.8 Å². The van der Waals surface area contributed by atoms with Gasteiger partial charge in [0, 0.05) is 41.5 Å². The number of methoxy groups -OCH3 is 1. The van der Waals surface area contributed by atoms with E-state index in [4.69, 9.17) is 32.7 Å². The van der Waals surface area contributed by atoms with Crippen LogP contribution < -0.4 is 10.2 Å². The van der Waals surface area contributed by atoms with Crippen molar-refractivity contribution in [3.05, 3.63) is 64.0 Å². The highest BCUT2D eigenvalue weighted by Gasteiger charge is 2.52. The van der Waals surface area contributed by atoms with Gasteiger partial charge in [-0.15, -0.1) is 5.10 Å². The van der Waals surface area contributed by atoms with E-state index in [1.165, 1.54) is 36.4 Å². The summed E-state index contributed by atoms with van der Waals surface area (Å²) >= 11 is 12.4. The highest BCUT2D eigenvalue weighted by molar-refractivity contribution is 6.35. The topological polar surface area (TPSA) is 142 Å². The van der Waals surface area contributed by atoms with Gasteiger partial charge in [-0.25, -0.2) is 17.9 Å². The van der Waals surface area contributed by atoms with Crippen molar-refractivity contribution in [2.24, 2.45) is 0 Å². The number of amides is 1. The van der Waals surface area contributed by atoms with Gasteiger partial charge >= 0.3 is 0 Å². The number of anilines is 1. The zero-order chi connectivity index (χ0) is 30.3. The molecule has 42 heavy (non-hydrogen) atoms. The number of β-amino-alcohol motifs (C(OH)–C–C–N with tert-alkyl or cyclic N) is 1. The molecular weight excluding hydrogens is 606 g/mol. The summed E-state index contributed by atoms with van der Waals surface area (Å²) in [5.74, 6) is -5.22. The molecular formula is C26H26Cl2F3N5O6. The predicted molar refractivity (Wildman–Crippen MR) is 144 cm³/mol. The minimum absolute atomic E-state index is 0.0693. The number of aromatic nitrogens is 3. The molecule has 11 nitrogen and oxygen atoms in total. The van der Waals surface area contributed by atoms with Crippen molar-refractivity contribution in [1.82, 2.24) is 20.3 Å². The van der Waals surface area contributed by atoms with E-state index in [0.717, 1.165) is 16.8 Å². The van der Waals surface area contributed by atoms with Crippen molar-refractivity contribution in [1.29, 1.82) is 0 Å². The summed E-state index contributed by atoms with van der Waals surface area (Å²) in [6.07, 6.45) is -5.27. The van der Waals surface area contributed by atoms with Crippen LogP contribution in [0.15, 0.2) is 36.5 Å². The van der Waals surface area contributed by atoms with Crippen LogP contribution in [0.3, 0.4) is 0 Å². The molecule has 2 saturated heterocycles.